The topological polar surface area (TPSA) is 39.0 Å². The minimum Gasteiger partial charge on any atom is -0.343 e. The molecule has 4 nitrogen and oxygen atoms in total. The van der Waals surface area contributed by atoms with Crippen LogP contribution < -0.4 is 10.9 Å². The van der Waals surface area contributed by atoms with E-state index < -0.39 is 0 Å². The lowest BCUT2D eigenvalue weighted by Gasteiger charge is -2.29. The van der Waals surface area contributed by atoms with Crippen LogP contribution >= 0.6 is 23.2 Å². The molecule has 23 heavy (non-hydrogen) atoms. The molecule has 1 aliphatic rings. The van der Waals surface area contributed by atoms with E-state index in [1.54, 1.807) is 6.07 Å². The first-order valence-electron chi connectivity index (χ1n) is 7.48. The van der Waals surface area contributed by atoms with Gasteiger partial charge in [-0.1, -0.05) is 29.3 Å². The van der Waals surface area contributed by atoms with Gasteiger partial charge in [-0.15, -0.1) is 0 Å². The molecule has 0 bridgehead atoms. The zero-order chi connectivity index (χ0) is 16.0. The normalized spacial score (nSPS) is 15.0. The molecule has 1 fully saturated rings. The molecule has 2 aromatic heterocycles. The highest BCUT2D eigenvalue weighted by Gasteiger charge is 2.20. The lowest BCUT2D eigenvalue weighted by molar-refractivity contribution is 0.337. The smallest absolute Gasteiger partial charge is 0.260 e. The average Bonchev–Trinajstić information content (AvgIpc) is 2.88. The number of nitrogens with zero attached hydrogens (tertiary/aromatic N) is 2. The van der Waals surface area contributed by atoms with Crippen LogP contribution in [0.4, 0.5) is 0 Å². The van der Waals surface area contributed by atoms with Gasteiger partial charge in [-0.2, -0.15) is 0 Å². The Morgan fingerprint density at radius 3 is 2.61 bits per heavy atom. The summed E-state index contributed by atoms with van der Waals surface area (Å²) in [6.45, 7) is 2.36. The summed E-state index contributed by atoms with van der Waals surface area (Å²) in [5, 5.41) is 5.03. The summed E-state index contributed by atoms with van der Waals surface area (Å²) < 4.78 is 3.88. The van der Waals surface area contributed by atoms with Gasteiger partial charge in [0.05, 0.1) is 27.0 Å². The minimum absolute atomic E-state index is 0.0712. The van der Waals surface area contributed by atoms with E-state index >= 15 is 0 Å². The van der Waals surface area contributed by atoms with Crippen molar-refractivity contribution in [3.63, 3.8) is 0 Å². The highest BCUT2D eigenvalue weighted by molar-refractivity contribution is 6.42. The summed E-state index contributed by atoms with van der Waals surface area (Å²) in [5.74, 6) is 0. The number of aromatic nitrogens is 2. The summed E-state index contributed by atoms with van der Waals surface area (Å²) in [4.78, 5) is 12.6. The van der Waals surface area contributed by atoms with Crippen molar-refractivity contribution in [2.75, 3.05) is 13.1 Å². The van der Waals surface area contributed by atoms with Gasteiger partial charge in [0, 0.05) is 32.0 Å². The van der Waals surface area contributed by atoms with Crippen LogP contribution in [0.25, 0.3) is 10.9 Å². The first kappa shape index (κ1) is 14.8. The summed E-state index contributed by atoms with van der Waals surface area (Å²) in [6, 6.07) is 9.76. The Balaban J connectivity index is 1.72. The SMILES string of the molecule is O=c1c2ccn(Cc3ccc(Cl)c(Cl)c3)c2ccn1C1CNC1. The van der Waals surface area contributed by atoms with Gasteiger partial charge in [0.25, 0.3) is 5.56 Å². The number of benzene rings is 1. The Bertz CT molecular complexity index is 941. The first-order valence-corrected chi connectivity index (χ1v) is 8.24. The van der Waals surface area contributed by atoms with E-state index in [4.69, 9.17) is 23.2 Å². The van der Waals surface area contributed by atoms with Crippen LogP contribution in [0.1, 0.15) is 11.6 Å². The Hall–Kier alpha value is -1.75. The molecule has 3 aromatic rings. The van der Waals surface area contributed by atoms with Crippen LogP contribution in [0.2, 0.25) is 10.0 Å². The average molecular weight is 348 g/mol. The monoisotopic (exact) mass is 347 g/mol. The second-order valence-electron chi connectivity index (χ2n) is 5.83. The molecule has 1 aromatic carbocycles. The Morgan fingerprint density at radius 1 is 1.09 bits per heavy atom. The number of hydrogen-bond acceptors (Lipinski definition) is 2. The molecule has 0 saturated carbocycles. The maximum absolute atomic E-state index is 12.6. The van der Waals surface area contributed by atoms with E-state index in [1.807, 2.05) is 41.2 Å². The molecule has 0 aliphatic carbocycles. The Labute approximate surface area is 143 Å². The van der Waals surface area contributed by atoms with Gasteiger partial charge in [0.2, 0.25) is 0 Å². The molecule has 0 spiro atoms. The van der Waals surface area contributed by atoms with E-state index in [0.717, 1.165) is 29.6 Å². The highest BCUT2D eigenvalue weighted by Crippen LogP contribution is 2.24. The predicted octanol–water partition coefficient (Wildman–Crippen LogP) is 3.30. The van der Waals surface area contributed by atoms with Gasteiger partial charge in [-0.05, 0) is 29.8 Å². The van der Waals surface area contributed by atoms with E-state index in [0.29, 0.717) is 16.6 Å². The van der Waals surface area contributed by atoms with Crippen molar-refractivity contribution in [2.24, 2.45) is 0 Å². The zero-order valence-electron chi connectivity index (χ0n) is 12.3. The fourth-order valence-corrected chi connectivity index (χ4v) is 3.26. The number of fused-ring (bicyclic) bond motifs is 1. The van der Waals surface area contributed by atoms with Crippen LogP contribution in [0.3, 0.4) is 0 Å². The number of rotatable bonds is 3. The molecule has 0 unspecified atom stereocenters. The molecule has 1 N–H and O–H groups in total. The van der Waals surface area contributed by atoms with Crippen molar-refractivity contribution in [1.82, 2.24) is 14.5 Å². The molecular weight excluding hydrogens is 333 g/mol. The van der Waals surface area contributed by atoms with Crippen molar-refractivity contribution in [2.45, 2.75) is 12.6 Å². The highest BCUT2D eigenvalue weighted by atomic mass is 35.5. The van der Waals surface area contributed by atoms with E-state index in [-0.39, 0.29) is 11.6 Å². The lowest BCUT2D eigenvalue weighted by atomic mass is 10.1. The van der Waals surface area contributed by atoms with Crippen molar-refractivity contribution >= 4 is 34.1 Å². The van der Waals surface area contributed by atoms with Crippen LogP contribution in [0.15, 0.2) is 47.5 Å². The Kier molecular flexibility index (Phi) is 3.68. The molecule has 1 saturated heterocycles. The fraction of sp³-hybridized carbons (Fsp3) is 0.235. The van der Waals surface area contributed by atoms with Crippen molar-refractivity contribution in [3.8, 4) is 0 Å². The van der Waals surface area contributed by atoms with E-state index in [2.05, 4.69) is 9.88 Å². The van der Waals surface area contributed by atoms with Gasteiger partial charge in [-0.25, -0.2) is 0 Å². The molecule has 6 heteroatoms. The van der Waals surface area contributed by atoms with Crippen molar-refractivity contribution in [1.29, 1.82) is 0 Å². The zero-order valence-corrected chi connectivity index (χ0v) is 13.8. The van der Waals surface area contributed by atoms with Crippen molar-refractivity contribution in [3.05, 3.63) is 68.7 Å². The maximum atomic E-state index is 12.6. The molecule has 0 amide bonds. The number of hydrogen-bond donors (Lipinski definition) is 1. The van der Waals surface area contributed by atoms with Gasteiger partial charge in [0.15, 0.2) is 0 Å². The van der Waals surface area contributed by atoms with Gasteiger partial charge in [-0.3, -0.25) is 4.79 Å². The molecule has 4 rings (SSSR count). The van der Waals surface area contributed by atoms with Gasteiger partial charge in [0.1, 0.15) is 0 Å². The van der Waals surface area contributed by atoms with E-state index in [9.17, 15) is 4.79 Å². The largest absolute Gasteiger partial charge is 0.343 e. The second-order valence-corrected chi connectivity index (χ2v) is 6.65. The predicted molar refractivity (Wildman–Crippen MR) is 93.7 cm³/mol. The Morgan fingerprint density at radius 2 is 1.91 bits per heavy atom. The standard InChI is InChI=1S/C17H15Cl2N3O/c18-14-2-1-11(7-15(14)19)10-21-5-3-13-16(21)4-6-22(17(13)23)12-8-20-9-12/h1-7,12,20H,8-10H2. The molecule has 3 heterocycles. The summed E-state index contributed by atoms with van der Waals surface area (Å²) in [5.41, 5.74) is 2.05. The van der Waals surface area contributed by atoms with Crippen molar-refractivity contribution < 1.29 is 0 Å². The molecule has 0 atom stereocenters. The first-order chi connectivity index (χ1) is 11.1. The number of pyridine rings is 1. The van der Waals surface area contributed by atoms with Gasteiger partial charge >= 0.3 is 0 Å². The fourth-order valence-electron chi connectivity index (χ4n) is 2.94. The van der Waals surface area contributed by atoms with Crippen LogP contribution in [-0.2, 0) is 6.54 Å². The third-order valence-corrected chi connectivity index (χ3v) is 5.09. The lowest BCUT2D eigenvalue weighted by Crippen LogP contribution is -2.46. The van der Waals surface area contributed by atoms with E-state index in [1.165, 1.54) is 0 Å². The summed E-state index contributed by atoms with van der Waals surface area (Å²) in [6.07, 6.45) is 3.83. The third-order valence-electron chi connectivity index (χ3n) is 4.35. The maximum Gasteiger partial charge on any atom is 0.260 e. The summed E-state index contributed by atoms with van der Waals surface area (Å²) >= 11 is 12.0. The number of nitrogens with one attached hydrogen (secondary N) is 1. The molecule has 118 valence electrons. The van der Waals surface area contributed by atoms with Crippen LogP contribution in [0.5, 0.6) is 0 Å². The van der Waals surface area contributed by atoms with Gasteiger partial charge < -0.3 is 14.5 Å². The van der Waals surface area contributed by atoms with Crippen LogP contribution in [0, 0.1) is 0 Å². The minimum atomic E-state index is 0.0712. The molecular formula is C17H15Cl2N3O. The quantitative estimate of drug-likeness (QED) is 0.789. The molecule has 1 aliphatic heterocycles. The number of halogens is 2. The third kappa shape index (κ3) is 2.57. The molecule has 0 radical (unpaired) electrons. The van der Waals surface area contributed by atoms with Crippen LogP contribution in [-0.4, -0.2) is 22.2 Å². The summed E-state index contributed by atoms with van der Waals surface area (Å²) in [7, 11) is 0. The second kappa shape index (κ2) is 5.71.